The maximum Gasteiger partial charge on any atom is 0.494 e. The summed E-state index contributed by atoms with van der Waals surface area (Å²) < 4.78 is 29.9. The van der Waals surface area contributed by atoms with Gasteiger partial charge in [-0.2, -0.15) is 0 Å². The number of carbonyl (C=O) groups excluding carboxylic acids is 1. The van der Waals surface area contributed by atoms with Crippen LogP contribution >= 0.6 is 0 Å². The van der Waals surface area contributed by atoms with Crippen molar-refractivity contribution in [2.24, 2.45) is 5.92 Å². The number of aromatic nitrogens is 2. The number of hydrogen-bond acceptors (Lipinski definition) is 7. The molecule has 1 fully saturated rings. The molecule has 0 bridgehead atoms. The third-order valence-corrected chi connectivity index (χ3v) is 8.92. The number of H-pyrrole nitrogens is 1. The average Bonchev–Trinajstić information content (AvgIpc) is 3.46. The highest BCUT2D eigenvalue weighted by Crippen LogP contribution is 2.42. The van der Waals surface area contributed by atoms with Crippen LogP contribution in [0.25, 0.3) is 32.9 Å². The molecule has 0 unspecified atom stereocenters. The first-order valence-electron chi connectivity index (χ1n) is 15.7. The second-order valence-electron chi connectivity index (χ2n) is 14.4. The molecule has 1 N–H and O–H groups in total. The molecule has 1 saturated heterocycles. The molecule has 3 aromatic carbocycles. The molecule has 9 nitrogen and oxygen atoms in total. The SMILES string of the molecule is COC[C@@H](C)CN(Cc1nc2c(ccc3cc4c(cc32)OCc2cc(B3OC(C)(C)C(C)(C)O3)ccc2-4)[nH]1)C(=O)OC(C)(C)C. The molecule has 10 heteroatoms. The molecule has 1 atom stereocenters. The zero-order chi connectivity index (χ0) is 32.3. The van der Waals surface area contributed by atoms with Gasteiger partial charge in [0.1, 0.15) is 23.8 Å². The highest BCUT2D eigenvalue weighted by atomic mass is 16.7. The van der Waals surface area contributed by atoms with E-state index in [1.807, 2.05) is 33.8 Å². The first-order chi connectivity index (χ1) is 21.1. The Morgan fingerprint density at radius 1 is 1.07 bits per heavy atom. The lowest BCUT2D eigenvalue weighted by Crippen LogP contribution is -2.41. The van der Waals surface area contributed by atoms with E-state index < -0.39 is 23.9 Å². The zero-order valence-corrected chi connectivity index (χ0v) is 27.9. The zero-order valence-electron chi connectivity index (χ0n) is 27.9. The van der Waals surface area contributed by atoms with Crippen molar-refractivity contribution in [2.45, 2.75) is 85.3 Å². The van der Waals surface area contributed by atoms with Crippen LogP contribution in [0.3, 0.4) is 0 Å². The largest absolute Gasteiger partial charge is 0.494 e. The highest BCUT2D eigenvalue weighted by Gasteiger charge is 2.51. The summed E-state index contributed by atoms with van der Waals surface area (Å²) in [6, 6.07) is 14.8. The van der Waals surface area contributed by atoms with Crippen LogP contribution in [0, 0.1) is 5.92 Å². The van der Waals surface area contributed by atoms with Crippen molar-refractivity contribution in [1.29, 1.82) is 0 Å². The number of carbonyl (C=O) groups is 1. The summed E-state index contributed by atoms with van der Waals surface area (Å²) in [7, 11) is 1.24. The summed E-state index contributed by atoms with van der Waals surface area (Å²) in [5.41, 5.74) is 4.61. The number of hydrogen-bond donors (Lipinski definition) is 1. The van der Waals surface area contributed by atoms with E-state index in [2.05, 4.69) is 69.1 Å². The van der Waals surface area contributed by atoms with Gasteiger partial charge >= 0.3 is 13.2 Å². The number of benzene rings is 3. The smallest absolute Gasteiger partial charge is 0.488 e. The molecule has 45 heavy (non-hydrogen) atoms. The van der Waals surface area contributed by atoms with Crippen molar-refractivity contribution < 1.29 is 28.3 Å². The second-order valence-corrected chi connectivity index (χ2v) is 14.4. The number of amides is 1. The van der Waals surface area contributed by atoms with Crippen LogP contribution in [0.2, 0.25) is 0 Å². The monoisotopic (exact) mass is 613 g/mol. The van der Waals surface area contributed by atoms with Gasteiger partial charge in [-0.3, -0.25) is 0 Å². The molecule has 1 aromatic heterocycles. The topological polar surface area (TPSA) is 95.1 Å². The van der Waals surface area contributed by atoms with E-state index in [0.29, 0.717) is 32.1 Å². The van der Waals surface area contributed by atoms with E-state index in [-0.39, 0.29) is 12.0 Å². The lowest BCUT2D eigenvalue weighted by Gasteiger charge is -2.32. The lowest BCUT2D eigenvalue weighted by molar-refractivity contribution is 0.00578. The predicted octanol–water partition coefficient (Wildman–Crippen LogP) is 6.59. The number of aromatic amines is 1. The Kier molecular flexibility index (Phi) is 7.91. The first kappa shape index (κ1) is 31.4. The van der Waals surface area contributed by atoms with Crippen LogP contribution in [0.15, 0.2) is 42.5 Å². The molecular formula is C35H44BN3O6. The molecule has 0 radical (unpaired) electrons. The summed E-state index contributed by atoms with van der Waals surface area (Å²) in [5, 5.41) is 2.05. The summed E-state index contributed by atoms with van der Waals surface area (Å²) in [5.74, 6) is 1.64. The van der Waals surface area contributed by atoms with Gasteiger partial charge in [-0.25, -0.2) is 9.78 Å². The maximum absolute atomic E-state index is 13.1. The molecule has 3 heterocycles. The van der Waals surface area contributed by atoms with Gasteiger partial charge in [0.15, 0.2) is 0 Å². The van der Waals surface area contributed by atoms with Gasteiger partial charge < -0.3 is 33.4 Å². The van der Waals surface area contributed by atoms with Crippen molar-refractivity contribution in [1.82, 2.24) is 14.9 Å². The second kappa shape index (κ2) is 11.3. The number of nitrogens with one attached hydrogen (secondary N) is 1. The van der Waals surface area contributed by atoms with Gasteiger partial charge in [0.2, 0.25) is 0 Å². The predicted molar refractivity (Wildman–Crippen MR) is 177 cm³/mol. The van der Waals surface area contributed by atoms with Crippen molar-refractivity contribution >= 4 is 40.5 Å². The number of imidazole rings is 1. The van der Waals surface area contributed by atoms with Crippen molar-refractivity contribution in [3.8, 4) is 16.9 Å². The molecule has 1 amide bonds. The Morgan fingerprint density at radius 3 is 2.49 bits per heavy atom. The van der Waals surface area contributed by atoms with Gasteiger partial charge in [0, 0.05) is 24.6 Å². The van der Waals surface area contributed by atoms with Crippen LogP contribution in [0.5, 0.6) is 5.75 Å². The summed E-state index contributed by atoms with van der Waals surface area (Å²) in [6.07, 6.45) is -0.376. The molecular weight excluding hydrogens is 569 g/mol. The van der Waals surface area contributed by atoms with Gasteiger partial charge in [0.25, 0.3) is 0 Å². The maximum atomic E-state index is 13.1. The Balaban J connectivity index is 1.30. The normalized spacial score (nSPS) is 17.6. The minimum Gasteiger partial charge on any atom is -0.488 e. The third kappa shape index (κ3) is 6.15. The van der Waals surface area contributed by atoms with Gasteiger partial charge in [-0.15, -0.1) is 0 Å². The van der Waals surface area contributed by atoms with Crippen LogP contribution in [-0.2, 0) is 31.9 Å². The fraction of sp³-hybridized carbons (Fsp3) is 0.486. The first-order valence-corrected chi connectivity index (χ1v) is 15.7. The lowest BCUT2D eigenvalue weighted by atomic mass is 9.77. The van der Waals surface area contributed by atoms with E-state index in [1.54, 1.807) is 12.0 Å². The number of rotatable bonds is 7. The quantitative estimate of drug-likeness (QED) is 0.235. The van der Waals surface area contributed by atoms with Crippen molar-refractivity contribution in [3.63, 3.8) is 0 Å². The standard InChI is InChI=1S/C35H44BN3O6/c1-21(19-41-9)17-39(32(40)43-33(2,3)4)18-30-37-28-13-10-22-15-27-25-12-11-24(36-44-34(5,6)35(7,8)45-36)14-23(25)20-42-29(27)16-26(22)31(28)38-30/h10-16,21H,17-20H2,1-9H3,(H,37,38)/t21-/m0/s1. The molecule has 2 aliphatic rings. The molecule has 0 spiro atoms. The van der Waals surface area contributed by atoms with Gasteiger partial charge in [-0.1, -0.05) is 31.2 Å². The number of methoxy groups -OCH3 is 1. The average molecular weight is 614 g/mol. The Morgan fingerprint density at radius 2 is 1.80 bits per heavy atom. The van der Waals surface area contributed by atoms with E-state index in [9.17, 15) is 4.79 Å². The molecule has 4 aromatic rings. The van der Waals surface area contributed by atoms with E-state index >= 15 is 0 Å². The fourth-order valence-corrected chi connectivity index (χ4v) is 5.98. The number of nitrogens with zero attached hydrogens (tertiary/aromatic N) is 2. The van der Waals surface area contributed by atoms with Gasteiger partial charge in [-0.05, 0) is 94.6 Å². The summed E-state index contributed by atoms with van der Waals surface area (Å²) >= 11 is 0. The fourth-order valence-electron chi connectivity index (χ4n) is 5.98. The highest BCUT2D eigenvalue weighted by molar-refractivity contribution is 6.62. The molecule has 2 aliphatic heterocycles. The Hall–Kier alpha value is -3.60. The van der Waals surface area contributed by atoms with E-state index in [4.69, 9.17) is 28.5 Å². The minimum atomic E-state index is -0.602. The van der Waals surface area contributed by atoms with Gasteiger partial charge in [0.05, 0.1) is 35.4 Å². The molecule has 0 saturated carbocycles. The number of fused-ring (bicyclic) bond motifs is 6. The van der Waals surface area contributed by atoms with Crippen LogP contribution in [0.1, 0.15) is 66.8 Å². The molecule has 6 rings (SSSR count). The Bertz CT molecular complexity index is 1740. The Labute approximate surface area is 265 Å². The van der Waals surface area contributed by atoms with E-state index in [1.165, 1.54) is 0 Å². The summed E-state index contributed by atoms with van der Waals surface area (Å²) in [6.45, 7) is 17.7. The van der Waals surface area contributed by atoms with Crippen LogP contribution < -0.4 is 10.2 Å². The minimum absolute atomic E-state index is 0.132. The molecule has 0 aliphatic carbocycles. The number of ether oxygens (including phenoxy) is 3. The van der Waals surface area contributed by atoms with Crippen molar-refractivity contribution in [3.05, 3.63) is 53.9 Å². The third-order valence-electron chi connectivity index (χ3n) is 8.92. The summed E-state index contributed by atoms with van der Waals surface area (Å²) in [4.78, 5) is 23.2. The van der Waals surface area contributed by atoms with Crippen LogP contribution in [0.4, 0.5) is 4.79 Å². The molecule has 238 valence electrons. The van der Waals surface area contributed by atoms with E-state index in [0.717, 1.165) is 49.7 Å². The van der Waals surface area contributed by atoms with Crippen molar-refractivity contribution in [2.75, 3.05) is 20.3 Å². The van der Waals surface area contributed by atoms with Crippen LogP contribution in [-0.4, -0.2) is 65.1 Å².